The molecule has 1 aromatic rings. The maximum Gasteiger partial charge on any atom is 0.228 e. The molecule has 2 N–H and O–H groups in total. The monoisotopic (exact) mass is 190 g/mol. The Morgan fingerprint density at radius 2 is 2.21 bits per heavy atom. The van der Waals surface area contributed by atoms with Crippen LogP contribution in [0.4, 0.5) is 5.69 Å². The molecule has 3 heteroatoms. The van der Waals surface area contributed by atoms with Crippen molar-refractivity contribution in [3.63, 3.8) is 0 Å². The molecular weight excluding hydrogens is 176 g/mol. The number of hydrogen-bond donors (Lipinski definition) is 1. The van der Waals surface area contributed by atoms with Crippen LogP contribution in [0.1, 0.15) is 23.6 Å². The van der Waals surface area contributed by atoms with E-state index in [0.717, 1.165) is 16.8 Å². The number of para-hydroxylation sites is 1. The number of carbonyl (C=O) groups is 1. The topological polar surface area (TPSA) is 46.3 Å². The molecule has 0 saturated carbocycles. The number of hydrogen-bond acceptors (Lipinski definition) is 2. The number of nitrogens with zero attached hydrogens (tertiary/aromatic N) is 1. The predicted molar refractivity (Wildman–Crippen MR) is 56.1 cm³/mol. The molecule has 0 fully saturated rings. The third-order valence-corrected chi connectivity index (χ3v) is 2.77. The fourth-order valence-electron chi connectivity index (χ4n) is 2.00. The Labute approximate surface area is 83.5 Å². The second-order valence-electron chi connectivity index (χ2n) is 3.78. The fourth-order valence-corrected chi connectivity index (χ4v) is 2.00. The minimum atomic E-state index is -0.145. The molecule has 2 rings (SSSR count). The molecular formula is C11H14N2O. The Morgan fingerprint density at radius 1 is 1.50 bits per heavy atom. The van der Waals surface area contributed by atoms with Gasteiger partial charge in [0.2, 0.25) is 5.91 Å². The van der Waals surface area contributed by atoms with Gasteiger partial charge in [-0.25, -0.2) is 0 Å². The van der Waals surface area contributed by atoms with Crippen LogP contribution in [-0.2, 0) is 4.79 Å². The number of carbonyl (C=O) groups excluding carboxylic acids is 1. The Balaban J connectivity index is 2.62. The lowest BCUT2D eigenvalue weighted by Gasteiger charge is -2.31. The largest absolute Gasteiger partial charge is 0.323 e. The number of anilines is 1. The van der Waals surface area contributed by atoms with Gasteiger partial charge in [-0.1, -0.05) is 18.2 Å². The average molecular weight is 190 g/mol. The first-order valence-electron chi connectivity index (χ1n) is 4.73. The Hall–Kier alpha value is -1.35. The maximum absolute atomic E-state index is 11.6. The van der Waals surface area contributed by atoms with Crippen molar-refractivity contribution in [2.24, 2.45) is 5.73 Å². The molecule has 0 spiro atoms. The van der Waals surface area contributed by atoms with Gasteiger partial charge in [-0.05, 0) is 18.1 Å². The van der Waals surface area contributed by atoms with Crippen LogP contribution in [0, 0.1) is 6.92 Å². The second-order valence-corrected chi connectivity index (χ2v) is 3.78. The van der Waals surface area contributed by atoms with E-state index in [1.165, 1.54) is 0 Å². The van der Waals surface area contributed by atoms with Gasteiger partial charge in [-0.15, -0.1) is 0 Å². The van der Waals surface area contributed by atoms with Gasteiger partial charge in [0.05, 0.1) is 5.69 Å². The van der Waals surface area contributed by atoms with Crippen molar-refractivity contribution in [2.45, 2.75) is 19.4 Å². The normalized spacial score (nSPS) is 20.9. The van der Waals surface area contributed by atoms with Crippen molar-refractivity contribution in [3.8, 4) is 0 Å². The second kappa shape index (κ2) is 3.10. The van der Waals surface area contributed by atoms with E-state index < -0.39 is 0 Å². The summed E-state index contributed by atoms with van der Waals surface area (Å²) in [5.41, 5.74) is 9.08. The van der Waals surface area contributed by atoms with Crippen LogP contribution < -0.4 is 10.6 Å². The molecule has 74 valence electrons. The highest BCUT2D eigenvalue weighted by molar-refractivity contribution is 5.97. The number of benzene rings is 1. The van der Waals surface area contributed by atoms with Gasteiger partial charge >= 0.3 is 0 Å². The van der Waals surface area contributed by atoms with Gasteiger partial charge in [0, 0.05) is 19.5 Å². The van der Waals surface area contributed by atoms with E-state index in [2.05, 4.69) is 0 Å². The summed E-state index contributed by atoms with van der Waals surface area (Å²) in [4.78, 5) is 13.3. The summed E-state index contributed by atoms with van der Waals surface area (Å²) in [6.45, 7) is 2.00. The molecule has 1 aromatic carbocycles. The number of nitrogens with two attached hydrogens (primary N) is 1. The third-order valence-electron chi connectivity index (χ3n) is 2.77. The van der Waals surface area contributed by atoms with Crippen molar-refractivity contribution in [2.75, 3.05) is 11.9 Å². The van der Waals surface area contributed by atoms with Gasteiger partial charge in [-0.2, -0.15) is 0 Å². The van der Waals surface area contributed by atoms with Gasteiger partial charge < -0.3 is 10.6 Å². The van der Waals surface area contributed by atoms with Crippen molar-refractivity contribution in [1.29, 1.82) is 0 Å². The van der Waals surface area contributed by atoms with E-state index >= 15 is 0 Å². The first-order chi connectivity index (χ1) is 6.61. The lowest BCUT2D eigenvalue weighted by Crippen LogP contribution is -2.36. The molecule has 14 heavy (non-hydrogen) atoms. The van der Waals surface area contributed by atoms with E-state index in [0.29, 0.717) is 6.42 Å². The van der Waals surface area contributed by atoms with Crippen LogP contribution in [0.15, 0.2) is 18.2 Å². The zero-order valence-electron chi connectivity index (χ0n) is 8.45. The van der Waals surface area contributed by atoms with Crippen LogP contribution in [0.3, 0.4) is 0 Å². The molecule has 1 unspecified atom stereocenters. The molecule has 1 heterocycles. The van der Waals surface area contributed by atoms with E-state index in [1.807, 2.05) is 25.1 Å². The molecule has 1 aliphatic rings. The molecule has 3 nitrogen and oxygen atoms in total. The predicted octanol–water partition coefficient (Wildman–Crippen LogP) is 1.36. The summed E-state index contributed by atoms with van der Waals surface area (Å²) in [5, 5.41) is 0. The Kier molecular flexibility index (Phi) is 2.04. The summed E-state index contributed by atoms with van der Waals surface area (Å²) < 4.78 is 0. The molecule has 0 saturated heterocycles. The number of aryl methyl sites for hydroxylation is 1. The molecule has 1 atom stereocenters. The van der Waals surface area contributed by atoms with Crippen molar-refractivity contribution in [3.05, 3.63) is 29.3 Å². The average Bonchev–Trinajstić information content (AvgIpc) is 2.14. The van der Waals surface area contributed by atoms with Crippen LogP contribution in [0.25, 0.3) is 0 Å². The smallest absolute Gasteiger partial charge is 0.228 e. The third kappa shape index (κ3) is 1.21. The van der Waals surface area contributed by atoms with Crippen molar-refractivity contribution >= 4 is 11.6 Å². The SMILES string of the molecule is Cc1cccc2c1N(C)C(=O)CC2N. The first-order valence-corrected chi connectivity index (χ1v) is 4.73. The minimum absolute atomic E-state index is 0.0966. The summed E-state index contributed by atoms with van der Waals surface area (Å²) in [5.74, 6) is 0.0966. The van der Waals surface area contributed by atoms with Gasteiger partial charge in [0.15, 0.2) is 0 Å². The Morgan fingerprint density at radius 3 is 2.93 bits per heavy atom. The highest BCUT2D eigenvalue weighted by Crippen LogP contribution is 2.34. The molecule has 0 bridgehead atoms. The quantitative estimate of drug-likeness (QED) is 0.671. The van der Waals surface area contributed by atoms with Gasteiger partial charge in [0.25, 0.3) is 0 Å². The summed E-state index contributed by atoms with van der Waals surface area (Å²) in [6.07, 6.45) is 0.410. The maximum atomic E-state index is 11.6. The van der Waals surface area contributed by atoms with Crippen LogP contribution in [-0.4, -0.2) is 13.0 Å². The van der Waals surface area contributed by atoms with E-state index in [4.69, 9.17) is 5.73 Å². The van der Waals surface area contributed by atoms with Crippen molar-refractivity contribution < 1.29 is 4.79 Å². The number of rotatable bonds is 0. The number of amides is 1. The van der Waals surface area contributed by atoms with Crippen LogP contribution in [0.2, 0.25) is 0 Å². The molecule has 1 amide bonds. The molecule has 0 radical (unpaired) electrons. The zero-order valence-corrected chi connectivity index (χ0v) is 8.45. The standard InChI is InChI=1S/C11H14N2O/c1-7-4-3-5-8-9(12)6-10(14)13(2)11(7)8/h3-5,9H,6,12H2,1-2H3. The Bertz CT molecular complexity index is 387. The lowest BCUT2D eigenvalue weighted by molar-refractivity contribution is -0.119. The summed E-state index contributed by atoms with van der Waals surface area (Å²) in [6, 6.07) is 5.84. The van der Waals surface area contributed by atoms with Crippen LogP contribution >= 0.6 is 0 Å². The molecule has 0 aliphatic carbocycles. The minimum Gasteiger partial charge on any atom is -0.323 e. The van der Waals surface area contributed by atoms with Gasteiger partial charge in [-0.3, -0.25) is 4.79 Å². The first kappa shape index (κ1) is 9.21. The molecule has 0 aromatic heterocycles. The van der Waals surface area contributed by atoms with E-state index in [1.54, 1.807) is 11.9 Å². The summed E-state index contributed by atoms with van der Waals surface area (Å²) in [7, 11) is 1.81. The highest BCUT2D eigenvalue weighted by Gasteiger charge is 2.27. The molecule has 1 aliphatic heterocycles. The van der Waals surface area contributed by atoms with E-state index in [-0.39, 0.29) is 11.9 Å². The van der Waals surface area contributed by atoms with Crippen LogP contribution in [0.5, 0.6) is 0 Å². The van der Waals surface area contributed by atoms with Gasteiger partial charge in [0.1, 0.15) is 0 Å². The highest BCUT2D eigenvalue weighted by atomic mass is 16.2. The number of fused-ring (bicyclic) bond motifs is 1. The zero-order chi connectivity index (χ0) is 10.3. The van der Waals surface area contributed by atoms with E-state index in [9.17, 15) is 4.79 Å². The lowest BCUT2D eigenvalue weighted by atomic mass is 9.94. The van der Waals surface area contributed by atoms with Crippen molar-refractivity contribution in [1.82, 2.24) is 0 Å². The fraction of sp³-hybridized carbons (Fsp3) is 0.364. The summed E-state index contributed by atoms with van der Waals surface area (Å²) >= 11 is 0.